The van der Waals surface area contributed by atoms with Gasteiger partial charge in [-0.2, -0.15) is 0 Å². The van der Waals surface area contributed by atoms with E-state index in [1.54, 1.807) is 0 Å². The van der Waals surface area contributed by atoms with Crippen LogP contribution in [0.2, 0.25) is 0 Å². The normalized spacial score (nSPS) is 25.5. The molecular formula is C19H17BrFN. The Morgan fingerprint density at radius 1 is 1.18 bits per heavy atom. The van der Waals surface area contributed by atoms with Crippen LogP contribution in [0.25, 0.3) is 0 Å². The molecule has 0 radical (unpaired) electrons. The molecule has 0 bridgehead atoms. The molecule has 0 fully saturated rings. The molecule has 112 valence electrons. The van der Waals surface area contributed by atoms with E-state index in [1.165, 1.54) is 17.2 Å². The first-order valence-electron chi connectivity index (χ1n) is 7.62. The smallest absolute Gasteiger partial charge is 0.147 e. The largest absolute Gasteiger partial charge is 0.375 e. The number of fused-ring (bicyclic) bond motifs is 3. The summed E-state index contributed by atoms with van der Waals surface area (Å²) < 4.78 is 15.2. The molecule has 0 saturated carbocycles. The fourth-order valence-electron chi connectivity index (χ4n) is 3.72. The predicted octanol–water partition coefficient (Wildman–Crippen LogP) is 5.72. The maximum Gasteiger partial charge on any atom is 0.147 e. The van der Waals surface area contributed by atoms with E-state index in [1.807, 2.05) is 6.07 Å². The molecule has 4 rings (SSSR count). The molecule has 1 aliphatic carbocycles. The maximum absolute atomic E-state index is 14.4. The van der Waals surface area contributed by atoms with E-state index in [2.05, 4.69) is 64.6 Å². The first-order valence-corrected chi connectivity index (χ1v) is 8.41. The number of benzene rings is 2. The molecule has 1 heterocycles. The molecule has 1 nitrogen and oxygen atoms in total. The number of aryl methyl sites for hydroxylation is 1. The van der Waals surface area contributed by atoms with Crippen molar-refractivity contribution in [1.29, 1.82) is 0 Å². The van der Waals surface area contributed by atoms with Gasteiger partial charge in [0.25, 0.3) is 0 Å². The molecule has 22 heavy (non-hydrogen) atoms. The molecule has 1 N–H and O–H groups in total. The first-order chi connectivity index (χ1) is 10.6. The summed E-state index contributed by atoms with van der Waals surface area (Å²) in [5.41, 5.74) is 4.20. The molecule has 0 amide bonds. The van der Waals surface area contributed by atoms with Gasteiger partial charge in [0.2, 0.25) is 0 Å². The number of nitrogens with one attached hydrogen (secondary N) is 1. The van der Waals surface area contributed by atoms with E-state index < -0.39 is 0 Å². The molecule has 3 heteroatoms. The van der Waals surface area contributed by atoms with Crippen LogP contribution in [-0.2, 0) is 0 Å². The zero-order valence-corrected chi connectivity index (χ0v) is 13.9. The van der Waals surface area contributed by atoms with Crippen molar-refractivity contribution >= 4 is 21.6 Å². The van der Waals surface area contributed by atoms with Crippen molar-refractivity contribution in [2.75, 3.05) is 5.32 Å². The number of rotatable bonds is 1. The molecule has 2 aromatic rings. The highest BCUT2D eigenvalue weighted by Crippen LogP contribution is 2.50. The van der Waals surface area contributed by atoms with E-state index >= 15 is 0 Å². The van der Waals surface area contributed by atoms with E-state index in [9.17, 15) is 4.39 Å². The molecular weight excluding hydrogens is 341 g/mol. The summed E-state index contributed by atoms with van der Waals surface area (Å²) in [6.45, 7) is 2.09. The van der Waals surface area contributed by atoms with Gasteiger partial charge in [0.05, 0.1) is 11.7 Å². The minimum atomic E-state index is -0.180. The van der Waals surface area contributed by atoms with Crippen LogP contribution in [0.3, 0.4) is 0 Å². The first kappa shape index (κ1) is 14.0. The van der Waals surface area contributed by atoms with Crippen LogP contribution in [0, 0.1) is 18.7 Å². The van der Waals surface area contributed by atoms with Gasteiger partial charge in [0.1, 0.15) is 5.82 Å². The average molecular weight is 358 g/mol. The number of allylic oxidation sites excluding steroid dienone is 2. The second kappa shape index (κ2) is 5.24. The lowest BCUT2D eigenvalue weighted by Crippen LogP contribution is -2.29. The zero-order valence-electron chi connectivity index (χ0n) is 12.3. The Morgan fingerprint density at radius 2 is 1.95 bits per heavy atom. The van der Waals surface area contributed by atoms with Gasteiger partial charge in [-0.3, -0.25) is 0 Å². The highest BCUT2D eigenvalue weighted by Gasteiger charge is 2.39. The third-order valence-corrected chi connectivity index (χ3v) is 5.28. The van der Waals surface area contributed by atoms with Crippen molar-refractivity contribution < 1.29 is 4.39 Å². The molecule has 0 aromatic heterocycles. The summed E-state index contributed by atoms with van der Waals surface area (Å²) in [5.74, 6) is 0.554. The predicted molar refractivity (Wildman–Crippen MR) is 91.6 cm³/mol. The van der Waals surface area contributed by atoms with Gasteiger partial charge in [0.15, 0.2) is 0 Å². The minimum absolute atomic E-state index is 0.156. The molecule has 2 aliphatic rings. The number of anilines is 1. The monoisotopic (exact) mass is 357 g/mol. The van der Waals surface area contributed by atoms with E-state index in [0.717, 1.165) is 16.5 Å². The Kier molecular flexibility index (Phi) is 3.33. The second-order valence-electron chi connectivity index (χ2n) is 6.24. The SMILES string of the molecule is Cc1ccc([C@@H]2Nc3c(F)cc(Br)cc3[C@@H]3C=CC[C@@H]32)cc1. The number of halogens is 2. The molecule has 0 saturated heterocycles. The fraction of sp³-hybridized carbons (Fsp3) is 0.263. The summed E-state index contributed by atoms with van der Waals surface area (Å²) in [6, 6.07) is 12.3. The van der Waals surface area contributed by atoms with Crippen molar-refractivity contribution in [2.45, 2.75) is 25.3 Å². The van der Waals surface area contributed by atoms with Crippen molar-refractivity contribution in [1.82, 2.24) is 0 Å². The molecule has 2 aromatic carbocycles. The lowest BCUT2D eigenvalue weighted by Gasteiger charge is -2.37. The van der Waals surface area contributed by atoms with Crippen LogP contribution in [-0.4, -0.2) is 0 Å². The van der Waals surface area contributed by atoms with Gasteiger partial charge in [-0.25, -0.2) is 4.39 Å². The Labute approximate surface area is 138 Å². The van der Waals surface area contributed by atoms with Crippen molar-refractivity contribution in [3.8, 4) is 0 Å². The zero-order chi connectivity index (χ0) is 15.3. The van der Waals surface area contributed by atoms with Gasteiger partial charge in [-0.15, -0.1) is 0 Å². The Balaban J connectivity index is 1.82. The minimum Gasteiger partial charge on any atom is -0.375 e. The average Bonchev–Trinajstić information content (AvgIpc) is 2.97. The summed E-state index contributed by atoms with van der Waals surface area (Å²) in [6.07, 6.45) is 5.49. The standard InChI is InChI=1S/C19H17BrFN/c1-11-5-7-12(8-6-11)18-15-4-2-3-14(15)16-9-13(20)10-17(21)19(16)22-18/h2-3,5-10,14-15,18,22H,4H2,1H3/t14-,15+,18+/m1/s1. The van der Waals surface area contributed by atoms with Crippen LogP contribution < -0.4 is 5.32 Å². The lowest BCUT2D eigenvalue weighted by atomic mass is 9.77. The van der Waals surface area contributed by atoms with Crippen LogP contribution in [0.1, 0.15) is 35.1 Å². The Morgan fingerprint density at radius 3 is 2.73 bits per heavy atom. The molecule has 1 aliphatic heterocycles. The van der Waals surface area contributed by atoms with Crippen LogP contribution >= 0.6 is 15.9 Å². The van der Waals surface area contributed by atoms with E-state index in [4.69, 9.17) is 0 Å². The van der Waals surface area contributed by atoms with Crippen LogP contribution in [0.4, 0.5) is 10.1 Å². The third-order valence-electron chi connectivity index (χ3n) is 4.82. The van der Waals surface area contributed by atoms with Gasteiger partial charge in [0, 0.05) is 10.4 Å². The number of hydrogen-bond donors (Lipinski definition) is 1. The second-order valence-corrected chi connectivity index (χ2v) is 7.15. The van der Waals surface area contributed by atoms with Crippen LogP contribution in [0.5, 0.6) is 0 Å². The van der Waals surface area contributed by atoms with E-state index in [0.29, 0.717) is 11.6 Å². The maximum atomic E-state index is 14.4. The van der Waals surface area contributed by atoms with Gasteiger partial charge >= 0.3 is 0 Å². The Hall–Kier alpha value is -1.61. The topological polar surface area (TPSA) is 12.0 Å². The highest BCUT2D eigenvalue weighted by molar-refractivity contribution is 9.10. The van der Waals surface area contributed by atoms with Crippen molar-refractivity contribution in [3.63, 3.8) is 0 Å². The lowest BCUT2D eigenvalue weighted by molar-refractivity contribution is 0.420. The summed E-state index contributed by atoms with van der Waals surface area (Å²) in [7, 11) is 0. The summed E-state index contributed by atoms with van der Waals surface area (Å²) >= 11 is 3.41. The molecule has 3 atom stereocenters. The van der Waals surface area contributed by atoms with Gasteiger partial charge in [-0.05, 0) is 42.5 Å². The summed E-state index contributed by atoms with van der Waals surface area (Å²) in [5, 5.41) is 3.46. The quantitative estimate of drug-likeness (QED) is 0.643. The van der Waals surface area contributed by atoms with Gasteiger partial charge in [-0.1, -0.05) is 57.9 Å². The van der Waals surface area contributed by atoms with Crippen molar-refractivity contribution in [2.24, 2.45) is 5.92 Å². The molecule has 0 unspecified atom stereocenters. The third kappa shape index (κ3) is 2.19. The Bertz CT molecular complexity index is 751. The number of hydrogen-bond acceptors (Lipinski definition) is 1. The fourth-order valence-corrected chi connectivity index (χ4v) is 4.17. The highest BCUT2D eigenvalue weighted by atomic mass is 79.9. The van der Waals surface area contributed by atoms with E-state index in [-0.39, 0.29) is 17.8 Å². The van der Waals surface area contributed by atoms with Crippen LogP contribution in [0.15, 0.2) is 53.0 Å². The molecule has 0 spiro atoms. The summed E-state index contributed by atoms with van der Waals surface area (Å²) in [4.78, 5) is 0. The van der Waals surface area contributed by atoms with Crippen molar-refractivity contribution in [3.05, 3.63) is 75.5 Å². The van der Waals surface area contributed by atoms with Gasteiger partial charge < -0.3 is 5.32 Å².